The highest BCUT2D eigenvalue weighted by Crippen LogP contribution is 2.20. The summed E-state index contributed by atoms with van der Waals surface area (Å²) in [6.07, 6.45) is 4.35. The number of benzene rings is 1. The first-order valence-electron chi connectivity index (χ1n) is 7.64. The summed E-state index contributed by atoms with van der Waals surface area (Å²) < 4.78 is 1.60. The highest BCUT2D eigenvalue weighted by molar-refractivity contribution is 6.32. The van der Waals surface area contributed by atoms with Crippen molar-refractivity contribution in [1.29, 1.82) is 0 Å². The predicted octanol–water partition coefficient (Wildman–Crippen LogP) is 2.27. The van der Waals surface area contributed by atoms with Crippen LogP contribution in [0.4, 0.5) is 10.5 Å². The highest BCUT2D eigenvalue weighted by atomic mass is 35.5. The van der Waals surface area contributed by atoms with E-state index < -0.39 is 0 Å². The number of carbonyl (C=O) groups excluding carboxylic acids is 2. The Hall–Kier alpha value is -2.54. The Morgan fingerprint density at radius 3 is 2.92 bits per heavy atom. The molecule has 2 heterocycles. The molecule has 0 spiro atoms. The molecule has 0 saturated carbocycles. The first-order valence-corrected chi connectivity index (χ1v) is 8.02. The number of hydrogen-bond donors (Lipinski definition) is 2. The summed E-state index contributed by atoms with van der Waals surface area (Å²) in [5.41, 5.74) is 1.30. The third kappa shape index (κ3) is 3.68. The summed E-state index contributed by atoms with van der Waals surface area (Å²) in [6, 6.07) is 6.96. The molecule has 2 N–H and O–H groups in total. The highest BCUT2D eigenvalue weighted by Gasteiger charge is 2.24. The molecule has 126 valence electrons. The number of para-hydroxylation sites is 1. The molecular formula is C16H18ClN5O2. The fraction of sp³-hybridized carbons (Fsp3) is 0.312. The van der Waals surface area contributed by atoms with Gasteiger partial charge in [-0.1, -0.05) is 23.7 Å². The molecule has 3 rings (SSSR count). The number of nitrogens with one attached hydrogen (secondary N) is 2. The number of halogens is 1. The van der Waals surface area contributed by atoms with E-state index in [-0.39, 0.29) is 18.0 Å². The maximum Gasteiger partial charge on any atom is 0.319 e. The first kappa shape index (κ1) is 16.3. The van der Waals surface area contributed by atoms with Crippen LogP contribution in [0.25, 0.3) is 5.69 Å². The van der Waals surface area contributed by atoms with Gasteiger partial charge in [0.15, 0.2) is 0 Å². The largest absolute Gasteiger partial charge is 0.344 e. The van der Waals surface area contributed by atoms with Crippen LogP contribution in [-0.2, 0) is 4.79 Å². The maximum absolute atomic E-state index is 12.1. The van der Waals surface area contributed by atoms with Crippen molar-refractivity contribution in [3.8, 4) is 5.69 Å². The van der Waals surface area contributed by atoms with E-state index in [0.717, 1.165) is 5.69 Å². The second-order valence-corrected chi connectivity index (χ2v) is 6.14. The summed E-state index contributed by atoms with van der Waals surface area (Å²) in [4.78, 5) is 25.2. The van der Waals surface area contributed by atoms with Crippen LogP contribution >= 0.6 is 11.6 Å². The van der Waals surface area contributed by atoms with Gasteiger partial charge in [-0.05, 0) is 18.6 Å². The van der Waals surface area contributed by atoms with Crippen molar-refractivity contribution in [1.82, 2.24) is 20.0 Å². The number of hydrogen-bond acceptors (Lipinski definition) is 3. The summed E-state index contributed by atoms with van der Waals surface area (Å²) in [7, 11) is 1.74. The number of urea groups is 1. The number of rotatable bonds is 3. The van der Waals surface area contributed by atoms with Crippen LogP contribution in [0.15, 0.2) is 36.7 Å². The summed E-state index contributed by atoms with van der Waals surface area (Å²) in [5.74, 6) is 0.106. The fourth-order valence-electron chi connectivity index (χ4n) is 2.64. The second-order valence-electron chi connectivity index (χ2n) is 5.73. The molecule has 1 aromatic carbocycles. The van der Waals surface area contributed by atoms with Crippen LogP contribution in [0.3, 0.4) is 0 Å². The zero-order chi connectivity index (χ0) is 17.1. The number of nitrogens with zero attached hydrogens (tertiary/aromatic N) is 3. The Bertz CT molecular complexity index is 760. The Labute approximate surface area is 144 Å². The molecule has 24 heavy (non-hydrogen) atoms. The van der Waals surface area contributed by atoms with Gasteiger partial charge in [-0.2, -0.15) is 5.10 Å². The quantitative estimate of drug-likeness (QED) is 0.893. The predicted molar refractivity (Wildman–Crippen MR) is 91.4 cm³/mol. The fourth-order valence-corrected chi connectivity index (χ4v) is 2.86. The van der Waals surface area contributed by atoms with E-state index in [1.165, 1.54) is 0 Å². The summed E-state index contributed by atoms with van der Waals surface area (Å²) >= 11 is 6.14. The molecule has 1 aliphatic rings. The van der Waals surface area contributed by atoms with Crippen molar-refractivity contribution in [2.24, 2.45) is 0 Å². The topological polar surface area (TPSA) is 79.3 Å². The lowest BCUT2D eigenvalue weighted by Gasteiger charge is -2.30. The lowest BCUT2D eigenvalue weighted by molar-refractivity contribution is -0.132. The minimum absolute atomic E-state index is 0.0497. The third-order valence-electron chi connectivity index (χ3n) is 3.90. The van der Waals surface area contributed by atoms with Crippen LogP contribution in [0.1, 0.15) is 12.8 Å². The molecule has 7 nitrogen and oxygen atoms in total. The van der Waals surface area contributed by atoms with Crippen molar-refractivity contribution < 1.29 is 9.59 Å². The normalized spacial score (nSPS) is 17.7. The van der Waals surface area contributed by atoms with Crippen LogP contribution in [-0.4, -0.2) is 46.3 Å². The molecule has 1 unspecified atom stereocenters. The molecule has 0 radical (unpaired) electrons. The van der Waals surface area contributed by atoms with Gasteiger partial charge in [0, 0.05) is 26.1 Å². The molecule has 3 amide bonds. The van der Waals surface area contributed by atoms with Gasteiger partial charge < -0.3 is 15.5 Å². The van der Waals surface area contributed by atoms with E-state index in [9.17, 15) is 9.59 Å². The van der Waals surface area contributed by atoms with E-state index in [1.807, 2.05) is 18.2 Å². The van der Waals surface area contributed by atoms with Crippen molar-refractivity contribution in [3.05, 3.63) is 41.7 Å². The monoisotopic (exact) mass is 347 g/mol. The Balaban J connectivity index is 1.60. The van der Waals surface area contributed by atoms with Crippen molar-refractivity contribution in [2.45, 2.75) is 18.9 Å². The van der Waals surface area contributed by atoms with Gasteiger partial charge in [-0.25, -0.2) is 9.48 Å². The molecule has 0 aliphatic carbocycles. The van der Waals surface area contributed by atoms with Gasteiger partial charge >= 0.3 is 6.03 Å². The standard InChI is InChI=1S/C16H18ClN5O2/c1-21-9-11(6-7-15(21)23)19-16(24)20-12-8-18-22(10-12)14-5-3-2-4-13(14)17/h2-5,8,10-11H,6-7,9H2,1H3,(H2,19,20,24). The van der Waals surface area contributed by atoms with Gasteiger partial charge in [0.1, 0.15) is 0 Å². The summed E-state index contributed by atoms with van der Waals surface area (Å²) in [6.45, 7) is 0.519. The minimum Gasteiger partial charge on any atom is -0.344 e. The second kappa shape index (κ2) is 6.92. The first-order chi connectivity index (χ1) is 11.5. The molecule has 1 saturated heterocycles. The number of amides is 3. The van der Waals surface area contributed by atoms with Crippen LogP contribution in [0, 0.1) is 0 Å². The zero-order valence-electron chi connectivity index (χ0n) is 13.2. The SMILES string of the molecule is CN1CC(NC(=O)Nc2cnn(-c3ccccc3Cl)c2)CCC1=O. The lowest BCUT2D eigenvalue weighted by atomic mass is 10.1. The molecule has 1 aromatic heterocycles. The number of carbonyl (C=O) groups is 2. The smallest absolute Gasteiger partial charge is 0.319 e. The van der Waals surface area contributed by atoms with Crippen LogP contribution in [0.2, 0.25) is 5.02 Å². The van der Waals surface area contributed by atoms with E-state index in [1.54, 1.807) is 35.1 Å². The van der Waals surface area contributed by atoms with E-state index in [4.69, 9.17) is 11.6 Å². The van der Waals surface area contributed by atoms with Gasteiger partial charge in [0.25, 0.3) is 0 Å². The number of piperidine rings is 1. The molecule has 8 heteroatoms. The molecule has 1 aliphatic heterocycles. The Morgan fingerprint density at radius 1 is 1.38 bits per heavy atom. The third-order valence-corrected chi connectivity index (χ3v) is 4.22. The van der Waals surface area contributed by atoms with Crippen molar-refractivity contribution in [3.63, 3.8) is 0 Å². The molecule has 2 aromatic rings. The van der Waals surface area contributed by atoms with Crippen molar-refractivity contribution in [2.75, 3.05) is 18.9 Å². The van der Waals surface area contributed by atoms with Gasteiger partial charge in [0.2, 0.25) is 5.91 Å². The lowest BCUT2D eigenvalue weighted by Crippen LogP contribution is -2.49. The van der Waals surface area contributed by atoms with E-state index >= 15 is 0 Å². The Morgan fingerprint density at radius 2 is 2.17 bits per heavy atom. The molecular weight excluding hydrogens is 330 g/mol. The molecule has 1 fully saturated rings. The van der Waals surface area contributed by atoms with Crippen LogP contribution in [0.5, 0.6) is 0 Å². The zero-order valence-corrected chi connectivity index (χ0v) is 14.0. The molecule has 1 atom stereocenters. The minimum atomic E-state index is -0.318. The summed E-state index contributed by atoms with van der Waals surface area (Å²) in [5, 5.41) is 10.4. The van der Waals surface area contributed by atoms with Gasteiger partial charge in [-0.15, -0.1) is 0 Å². The Kier molecular flexibility index (Phi) is 4.71. The van der Waals surface area contributed by atoms with Gasteiger partial charge in [0.05, 0.1) is 28.8 Å². The molecule has 0 bridgehead atoms. The average Bonchev–Trinajstić information content (AvgIpc) is 2.99. The maximum atomic E-state index is 12.1. The number of likely N-dealkylation sites (tertiary alicyclic amines) is 1. The number of aromatic nitrogens is 2. The number of likely N-dealkylation sites (N-methyl/N-ethyl adjacent to an activating group) is 1. The van der Waals surface area contributed by atoms with Gasteiger partial charge in [-0.3, -0.25) is 4.79 Å². The average molecular weight is 348 g/mol. The van der Waals surface area contributed by atoms with E-state index in [2.05, 4.69) is 15.7 Å². The number of anilines is 1. The van der Waals surface area contributed by atoms with Crippen molar-refractivity contribution >= 4 is 29.2 Å². The van der Waals surface area contributed by atoms with Crippen LogP contribution < -0.4 is 10.6 Å². The van der Waals surface area contributed by atoms with E-state index in [0.29, 0.717) is 30.1 Å².